The first-order valence-corrected chi connectivity index (χ1v) is 5.18. The van der Waals surface area contributed by atoms with Crippen LogP contribution in [0.5, 0.6) is 0 Å². The molecule has 1 N–H and O–H groups in total. The maximum Gasteiger partial charge on any atom is 0.385 e. The number of rotatable bonds is 3. The molecule has 1 aromatic rings. The topological polar surface area (TPSA) is 72.5 Å². The first kappa shape index (κ1) is 10.7. The van der Waals surface area contributed by atoms with Gasteiger partial charge in [0.2, 0.25) is 0 Å². The van der Waals surface area contributed by atoms with Crippen LogP contribution in [0.1, 0.15) is 10.4 Å². The Morgan fingerprint density at radius 1 is 1.29 bits per heavy atom. The van der Waals surface area contributed by atoms with Crippen LogP contribution in [-0.4, -0.2) is 21.4 Å². The number of nitrogens with one attached hydrogen (secondary N) is 1. The summed E-state index contributed by atoms with van der Waals surface area (Å²) in [5, 5.41) is 0. The summed E-state index contributed by atoms with van der Waals surface area (Å²) in [6.45, 7) is 0. The van der Waals surface area contributed by atoms with Crippen LogP contribution in [0, 0.1) is 0 Å². The van der Waals surface area contributed by atoms with Gasteiger partial charge in [-0.25, -0.2) is 4.79 Å². The predicted molar refractivity (Wildman–Crippen MR) is 49.8 cm³/mol. The Hall–Kier alpha value is -1.40. The molecule has 14 heavy (non-hydrogen) atoms. The fourth-order valence-electron chi connectivity index (χ4n) is 0.764. The Morgan fingerprint density at radius 3 is 2.36 bits per heavy atom. The number of carbonyl (C=O) groups is 1. The van der Waals surface area contributed by atoms with Gasteiger partial charge in [0.15, 0.2) is 0 Å². The highest BCUT2D eigenvalue weighted by molar-refractivity contribution is 7.85. The van der Waals surface area contributed by atoms with Gasteiger partial charge in [0.05, 0.1) is 5.56 Å². The summed E-state index contributed by atoms with van der Waals surface area (Å²) < 4.78 is 27.7. The zero-order chi connectivity index (χ0) is 10.6. The van der Waals surface area contributed by atoms with Crippen molar-refractivity contribution in [1.82, 2.24) is 4.72 Å². The minimum absolute atomic E-state index is 0.186. The fourth-order valence-corrected chi connectivity index (χ4v) is 1.14. The van der Waals surface area contributed by atoms with E-state index in [-0.39, 0.29) is 5.56 Å². The molecule has 5 nitrogen and oxygen atoms in total. The second-order valence-electron chi connectivity index (χ2n) is 2.40. The summed E-state index contributed by atoms with van der Waals surface area (Å²) in [5.41, 5.74) is 0.186. The molecule has 0 aliphatic carbocycles. The van der Waals surface area contributed by atoms with E-state index in [1.54, 1.807) is 18.2 Å². The van der Waals surface area contributed by atoms with Gasteiger partial charge < -0.3 is 4.18 Å². The van der Waals surface area contributed by atoms with Crippen LogP contribution in [0.4, 0.5) is 0 Å². The van der Waals surface area contributed by atoms with Crippen molar-refractivity contribution in [3.8, 4) is 0 Å². The van der Waals surface area contributed by atoms with Gasteiger partial charge in [0.25, 0.3) is 0 Å². The number of hydrogen-bond acceptors (Lipinski definition) is 4. The van der Waals surface area contributed by atoms with Crippen molar-refractivity contribution in [3.05, 3.63) is 35.9 Å². The molecule has 0 saturated heterocycles. The highest BCUT2D eigenvalue weighted by atomic mass is 32.2. The smallest absolute Gasteiger partial charge is 0.329 e. The van der Waals surface area contributed by atoms with E-state index in [0.717, 1.165) is 7.05 Å². The Morgan fingerprint density at radius 2 is 1.86 bits per heavy atom. The van der Waals surface area contributed by atoms with Crippen LogP contribution < -0.4 is 4.72 Å². The summed E-state index contributed by atoms with van der Waals surface area (Å²) in [7, 11) is -2.81. The van der Waals surface area contributed by atoms with Gasteiger partial charge in [0.1, 0.15) is 0 Å². The SMILES string of the molecule is CNS(=O)(=O)OC(=O)c1ccccc1. The number of carbonyl (C=O) groups excluding carboxylic acids is 1. The first-order chi connectivity index (χ1) is 6.55. The van der Waals surface area contributed by atoms with Gasteiger partial charge in [-0.15, -0.1) is 0 Å². The van der Waals surface area contributed by atoms with Gasteiger partial charge in [0, 0.05) is 7.05 Å². The minimum atomic E-state index is -3.97. The lowest BCUT2D eigenvalue weighted by atomic mass is 10.2. The molecule has 0 bridgehead atoms. The average Bonchev–Trinajstić information content (AvgIpc) is 2.19. The molecule has 0 saturated carbocycles. The van der Waals surface area contributed by atoms with Crippen molar-refractivity contribution in [3.63, 3.8) is 0 Å². The van der Waals surface area contributed by atoms with Crippen molar-refractivity contribution in [2.45, 2.75) is 0 Å². The molecule has 0 aliphatic rings. The molecule has 0 amide bonds. The van der Waals surface area contributed by atoms with Gasteiger partial charge in [-0.05, 0) is 12.1 Å². The van der Waals surface area contributed by atoms with Crippen molar-refractivity contribution in [2.75, 3.05) is 7.05 Å². The summed E-state index contributed by atoms with van der Waals surface area (Å²) in [6.07, 6.45) is 0. The van der Waals surface area contributed by atoms with Crippen LogP contribution in [0.2, 0.25) is 0 Å². The molecule has 0 unspecified atom stereocenters. The van der Waals surface area contributed by atoms with E-state index in [4.69, 9.17) is 0 Å². The van der Waals surface area contributed by atoms with E-state index in [1.165, 1.54) is 12.1 Å². The maximum absolute atomic E-state index is 11.2. The minimum Gasteiger partial charge on any atom is -0.329 e. The lowest BCUT2D eigenvalue weighted by Crippen LogP contribution is -2.24. The van der Waals surface area contributed by atoms with Gasteiger partial charge in [-0.1, -0.05) is 18.2 Å². The molecular formula is C8H9NO4S. The van der Waals surface area contributed by atoms with E-state index in [0.29, 0.717) is 0 Å². The third-order valence-corrected chi connectivity index (χ3v) is 2.32. The summed E-state index contributed by atoms with van der Waals surface area (Å²) >= 11 is 0. The lowest BCUT2D eigenvalue weighted by Gasteiger charge is -2.02. The molecule has 0 heterocycles. The molecule has 0 aromatic heterocycles. The second-order valence-corrected chi connectivity index (χ2v) is 3.88. The summed E-state index contributed by atoms with van der Waals surface area (Å²) in [4.78, 5) is 11.2. The lowest BCUT2D eigenvalue weighted by molar-refractivity contribution is 0.0744. The second kappa shape index (κ2) is 4.21. The highest BCUT2D eigenvalue weighted by Gasteiger charge is 2.15. The number of hydrogen-bond donors (Lipinski definition) is 1. The molecule has 1 rings (SSSR count). The van der Waals surface area contributed by atoms with Crippen LogP contribution in [-0.2, 0) is 14.5 Å². The van der Waals surface area contributed by atoms with Gasteiger partial charge >= 0.3 is 16.3 Å². The fraction of sp³-hybridized carbons (Fsp3) is 0.125. The van der Waals surface area contributed by atoms with Crippen LogP contribution in [0.3, 0.4) is 0 Å². The molecule has 0 aliphatic heterocycles. The van der Waals surface area contributed by atoms with E-state index in [9.17, 15) is 13.2 Å². The van der Waals surface area contributed by atoms with Crippen molar-refractivity contribution in [2.24, 2.45) is 0 Å². The third kappa shape index (κ3) is 2.82. The Labute approximate surface area is 82.0 Å². The molecule has 1 aromatic carbocycles. The van der Waals surface area contributed by atoms with Crippen molar-refractivity contribution < 1.29 is 17.4 Å². The summed E-state index contributed by atoms with van der Waals surface area (Å²) in [5.74, 6) is -0.903. The molecule has 0 atom stereocenters. The quantitative estimate of drug-likeness (QED) is 0.787. The van der Waals surface area contributed by atoms with Gasteiger partial charge in [-0.3, -0.25) is 0 Å². The monoisotopic (exact) mass is 215 g/mol. The first-order valence-electron chi connectivity index (χ1n) is 3.77. The van der Waals surface area contributed by atoms with Crippen LogP contribution in [0.15, 0.2) is 30.3 Å². The average molecular weight is 215 g/mol. The van der Waals surface area contributed by atoms with E-state index >= 15 is 0 Å². The Kier molecular flexibility index (Phi) is 3.21. The summed E-state index contributed by atoms with van der Waals surface area (Å²) in [6, 6.07) is 7.87. The predicted octanol–water partition coefficient (Wildman–Crippen LogP) is 0.308. The molecule has 0 radical (unpaired) electrons. The Balaban J connectivity index is 2.79. The van der Waals surface area contributed by atoms with E-state index in [1.807, 2.05) is 4.72 Å². The molecular weight excluding hydrogens is 206 g/mol. The maximum atomic E-state index is 11.2. The highest BCUT2D eigenvalue weighted by Crippen LogP contribution is 2.02. The van der Waals surface area contributed by atoms with Crippen LogP contribution in [0.25, 0.3) is 0 Å². The normalized spacial score (nSPS) is 10.9. The molecule has 76 valence electrons. The third-order valence-electron chi connectivity index (χ3n) is 1.44. The molecule has 0 fully saturated rings. The molecule has 6 heteroatoms. The van der Waals surface area contributed by atoms with Crippen molar-refractivity contribution >= 4 is 16.3 Å². The molecule has 0 spiro atoms. The van der Waals surface area contributed by atoms with Crippen LogP contribution >= 0.6 is 0 Å². The standard InChI is InChI=1S/C8H9NO4S/c1-9-14(11,12)13-8(10)7-5-3-2-4-6-7/h2-6,9H,1H3. The Bertz CT molecular complexity index is 412. The number of benzene rings is 1. The van der Waals surface area contributed by atoms with E-state index in [2.05, 4.69) is 4.18 Å². The largest absolute Gasteiger partial charge is 0.385 e. The van der Waals surface area contributed by atoms with Crippen molar-refractivity contribution in [1.29, 1.82) is 0 Å². The zero-order valence-electron chi connectivity index (χ0n) is 7.43. The van der Waals surface area contributed by atoms with E-state index < -0.39 is 16.3 Å². The zero-order valence-corrected chi connectivity index (χ0v) is 8.24. The van der Waals surface area contributed by atoms with Gasteiger partial charge in [-0.2, -0.15) is 13.1 Å².